The van der Waals surface area contributed by atoms with Crippen molar-refractivity contribution in [1.29, 1.82) is 0 Å². The molecule has 106 valence electrons. The molecule has 1 aliphatic heterocycles. The van der Waals surface area contributed by atoms with Crippen LogP contribution < -0.4 is 11.1 Å². The largest absolute Gasteiger partial charge is 0.352 e. The van der Waals surface area contributed by atoms with Crippen molar-refractivity contribution in [1.82, 2.24) is 15.1 Å². The zero-order valence-corrected chi connectivity index (χ0v) is 12.1. The average Bonchev–Trinajstić information content (AvgIpc) is 2.37. The lowest BCUT2D eigenvalue weighted by Crippen LogP contribution is -2.60. The Labute approximate surface area is 111 Å². The van der Waals surface area contributed by atoms with Crippen molar-refractivity contribution < 1.29 is 4.79 Å². The Bertz CT molecular complexity index is 272. The van der Waals surface area contributed by atoms with Crippen molar-refractivity contribution in [3.05, 3.63) is 0 Å². The van der Waals surface area contributed by atoms with Gasteiger partial charge in [0.1, 0.15) is 0 Å². The van der Waals surface area contributed by atoms with E-state index in [0.717, 1.165) is 26.1 Å². The Morgan fingerprint density at radius 3 is 2.67 bits per heavy atom. The molecule has 3 unspecified atom stereocenters. The molecular formula is C13H28N4O. The van der Waals surface area contributed by atoms with Gasteiger partial charge in [-0.1, -0.05) is 6.92 Å². The quantitative estimate of drug-likeness (QED) is 0.719. The van der Waals surface area contributed by atoms with Crippen molar-refractivity contribution in [3.63, 3.8) is 0 Å². The molecule has 3 atom stereocenters. The molecule has 3 N–H and O–H groups in total. The minimum absolute atomic E-state index is 0.0961. The number of hydrogen-bond donors (Lipinski definition) is 2. The Morgan fingerprint density at radius 1 is 1.44 bits per heavy atom. The third-order valence-corrected chi connectivity index (χ3v) is 3.88. The van der Waals surface area contributed by atoms with Crippen molar-refractivity contribution in [3.8, 4) is 0 Å². The van der Waals surface area contributed by atoms with E-state index in [1.54, 1.807) is 0 Å². The maximum Gasteiger partial charge on any atom is 0.237 e. The van der Waals surface area contributed by atoms with Crippen molar-refractivity contribution >= 4 is 5.91 Å². The summed E-state index contributed by atoms with van der Waals surface area (Å²) in [5.41, 5.74) is 5.82. The summed E-state index contributed by atoms with van der Waals surface area (Å²) in [6, 6.07) is 0.423. The van der Waals surface area contributed by atoms with Crippen LogP contribution in [0.4, 0.5) is 0 Å². The summed E-state index contributed by atoms with van der Waals surface area (Å²) in [6.45, 7) is 9.54. The maximum absolute atomic E-state index is 12.1. The summed E-state index contributed by atoms with van der Waals surface area (Å²) in [5, 5.41) is 3.05. The molecule has 1 saturated heterocycles. The van der Waals surface area contributed by atoms with Gasteiger partial charge in [0.2, 0.25) is 5.91 Å². The van der Waals surface area contributed by atoms with E-state index in [9.17, 15) is 4.79 Å². The van der Waals surface area contributed by atoms with E-state index in [0.29, 0.717) is 6.54 Å². The van der Waals surface area contributed by atoms with Gasteiger partial charge in [0.15, 0.2) is 0 Å². The molecule has 0 radical (unpaired) electrons. The van der Waals surface area contributed by atoms with Crippen LogP contribution in [-0.4, -0.2) is 67.1 Å². The Hall–Kier alpha value is -0.650. The first-order valence-electron chi connectivity index (χ1n) is 6.94. The van der Waals surface area contributed by atoms with Crippen molar-refractivity contribution in [2.45, 2.75) is 45.3 Å². The van der Waals surface area contributed by atoms with E-state index in [2.05, 4.69) is 29.1 Å². The summed E-state index contributed by atoms with van der Waals surface area (Å²) in [6.07, 6.45) is 0.960. The maximum atomic E-state index is 12.1. The highest BCUT2D eigenvalue weighted by atomic mass is 16.2. The van der Waals surface area contributed by atoms with E-state index in [1.165, 1.54) is 0 Å². The lowest BCUT2D eigenvalue weighted by Gasteiger charge is -2.42. The molecule has 0 aromatic heterocycles. The standard InChI is InChI=1S/C13H28N4O/c1-5-10(2)15-13(18)11(3)17-7-6-16(4)9-12(17)8-14/h10-12H,5-9,14H2,1-4H3,(H,15,18). The first-order chi connectivity index (χ1) is 8.49. The highest BCUT2D eigenvalue weighted by Gasteiger charge is 2.31. The van der Waals surface area contributed by atoms with Crippen molar-refractivity contribution in [2.75, 3.05) is 33.2 Å². The smallest absolute Gasteiger partial charge is 0.237 e. The summed E-state index contributed by atoms with van der Waals surface area (Å²) in [5.74, 6) is 0.118. The number of rotatable bonds is 5. The van der Waals surface area contributed by atoms with Gasteiger partial charge in [-0.05, 0) is 27.3 Å². The molecule has 1 fully saturated rings. The van der Waals surface area contributed by atoms with Crippen molar-refractivity contribution in [2.24, 2.45) is 5.73 Å². The molecule has 0 bridgehead atoms. The van der Waals surface area contributed by atoms with Gasteiger partial charge in [0.25, 0.3) is 0 Å². The van der Waals surface area contributed by atoms with E-state index in [4.69, 9.17) is 5.73 Å². The zero-order chi connectivity index (χ0) is 13.7. The van der Waals surface area contributed by atoms with Gasteiger partial charge < -0.3 is 16.0 Å². The molecule has 5 heteroatoms. The molecule has 0 saturated carbocycles. The predicted octanol–water partition coefficient (Wildman–Crippen LogP) is -0.136. The summed E-state index contributed by atoms with van der Waals surface area (Å²) >= 11 is 0. The second-order valence-electron chi connectivity index (χ2n) is 5.38. The van der Waals surface area contributed by atoms with Gasteiger partial charge in [0, 0.05) is 38.3 Å². The lowest BCUT2D eigenvalue weighted by atomic mass is 10.1. The average molecular weight is 256 g/mol. The number of nitrogens with one attached hydrogen (secondary N) is 1. The van der Waals surface area contributed by atoms with Crippen LogP contribution in [0.15, 0.2) is 0 Å². The highest BCUT2D eigenvalue weighted by molar-refractivity contribution is 5.81. The number of nitrogens with two attached hydrogens (primary N) is 1. The van der Waals surface area contributed by atoms with Gasteiger partial charge in [0.05, 0.1) is 6.04 Å². The van der Waals surface area contributed by atoms with Gasteiger partial charge in [-0.2, -0.15) is 0 Å². The number of hydrogen-bond acceptors (Lipinski definition) is 4. The lowest BCUT2D eigenvalue weighted by molar-refractivity contribution is -0.128. The molecule has 0 spiro atoms. The molecular weight excluding hydrogens is 228 g/mol. The fourth-order valence-electron chi connectivity index (χ4n) is 2.36. The van der Waals surface area contributed by atoms with E-state index in [1.807, 2.05) is 13.8 Å². The molecule has 1 amide bonds. The minimum Gasteiger partial charge on any atom is -0.352 e. The molecule has 0 aromatic carbocycles. The van der Waals surface area contributed by atoms with E-state index in [-0.39, 0.29) is 24.0 Å². The third-order valence-electron chi connectivity index (χ3n) is 3.88. The molecule has 1 heterocycles. The Kier molecular flexibility index (Phi) is 6.05. The number of likely N-dealkylation sites (N-methyl/N-ethyl adjacent to an activating group) is 1. The Balaban J connectivity index is 2.58. The Morgan fingerprint density at radius 2 is 2.11 bits per heavy atom. The number of carbonyl (C=O) groups is 1. The van der Waals surface area contributed by atoms with E-state index >= 15 is 0 Å². The van der Waals surface area contributed by atoms with Gasteiger partial charge in [-0.25, -0.2) is 0 Å². The van der Waals surface area contributed by atoms with Gasteiger partial charge in [-0.15, -0.1) is 0 Å². The van der Waals surface area contributed by atoms with Crippen LogP contribution >= 0.6 is 0 Å². The van der Waals surface area contributed by atoms with Crippen LogP contribution in [-0.2, 0) is 4.79 Å². The number of amides is 1. The molecule has 1 rings (SSSR count). The molecule has 0 aromatic rings. The van der Waals surface area contributed by atoms with Crippen LogP contribution in [0.25, 0.3) is 0 Å². The number of piperazine rings is 1. The molecule has 5 nitrogen and oxygen atoms in total. The van der Waals surface area contributed by atoms with Crippen LogP contribution in [0.5, 0.6) is 0 Å². The summed E-state index contributed by atoms with van der Waals surface area (Å²) in [7, 11) is 2.10. The second-order valence-corrected chi connectivity index (χ2v) is 5.38. The fraction of sp³-hybridized carbons (Fsp3) is 0.923. The highest BCUT2D eigenvalue weighted by Crippen LogP contribution is 2.12. The number of nitrogens with zero attached hydrogens (tertiary/aromatic N) is 2. The normalized spacial score (nSPS) is 25.7. The molecule has 1 aliphatic rings. The topological polar surface area (TPSA) is 61.6 Å². The molecule has 0 aliphatic carbocycles. The predicted molar refractivity (Wildman–Crippen MR) is 74.4 cm³/mol. The SMILES string of the molecule is CCC(C)NC(=O)C(C)N1CCN(C)CC1CN. The first kappa shape index (κ1) is 15.4. The monoisotopic (exact) mass is 256 g/mol. The number of carbonyl (C=O) groups excluding carboxylic acids is 1. The third kappa shape index (κ3) is 3.93. The minimum atomic E-state index is -0.0961. The van der Waals surface area contributed by atoms with Gasteiger partial charge in [-0.3, -0.25) is 9.69 Å². The zero-order valence-electron chi connectivity index (χ0n) is 12.1. The van der Waals surface area contributed by atoms with Crippen LogP contribution in [0.3, 0.4) is 0 Å². The second kappa shape index (κ2) is 7.07. The summed E-state index contributed by atoms with van der Waals surface area (Å²) in [4.78, 5) is 16.7. The van der Waals surface area contributed by atoms with Crippen LogP contribution in [0.1, 0.15) is 27.2 Å². The fourth-order valence-corrected chi connectivity index (χ4v) is 2.36. The van der Waals surface area contributed by atoms with Gasteiger partial charge >= 0.3 is 0 Å². The van der Waals surface area contributed by atoms with Crippen LogP contribution in [0, 0.1) is 0 Å². The van der Waals surface area contributed by atoms with E-state index < -0.39 is 0 Å². The molecule has 18 heavy (non-hydrogen) atoms. The first-order valence-corrected chi connectivity index (χ1v) is 6.94. The van der Waals surface area contributed by atoms with Crippen LogP contribution in [0.2, 0.25) is 0 Å². The summed E-state index contributed by atoms with van der Waals surface area (Å²) < 4.78 is 0.